The van der Waals surface area contributed by atoms with Gasteiger partial charge in [0.05, 0.1) is 31.3 Å². The molecule has 5 nitrogen and oxygen atoms in total. The molecule has 0 aliphatic rings. The van der Waals surface area contributed by atoms with Crippen molar-refractivity contribution in [1.29, 1.82) is 0 Å². The van der Waals surface area contributed by atoms with Crippen LogP contribution in [0.4, 0.5) is 0 Å². The topological polar surface area (TPSA) is 89.8 Å². The highest BCUT2D eigenvalue weighted by Gasteiger charge is 2.21. The van der Waals surface area contributed by atoms with E-state index in [0.717, 1.165) is 44.9 Å². The largest absolute Gasteiger partial charge is 0.394 e. The number of allylic oxidation sites excluding steroid dienone is 4. The minimum Gasteiger partial charge on any atom is -0.394 e. The van der Waals surface area contributed by atoms with Gasteiger partial charge >= 0.3 is 0 Å². The Kier molecular flexibility index (Phi) is 40.6. The monoisotopic (exact) mass is 720 g/mol. The second-order valence-corrected chi connectivity index (χ2v) is 15.7. The molecule has 5 heteroatoms. The first kappa shape index (κ1) is 49.8. The lowest BCUT2D eigenvalue weighted by atomic mass is 10.0. The van der Waals surface area contributed by atoms with E-state index in [9.17, 15) is 20.1 Å². The van der Waals surface area contributed by atoms with Crippen LogP contribution < -0.4 is 5.32 Å². The molecule has 0 rings (SSSR count). The van der Waals surface area contributed by atoms with Gasteiger partial charge in [0.1, 0.15) is 0 Å². The molecule has 0 saturated carbocycles. The Morgan fingerprint density at radius 2 is 0.843 bits per heavy atom. The van der Waals surface area contributed by atoms with Gasteiger partial charge in [0.2, 0.25) is 5.91 Å². The molecule has 1 amide bonds. The predicted molar refractivity (Wildman–Crippen MR) is 222 cm³/mol. The number of carbonyl (C=O) groups is 1. The molecule has 0 radical (unpaired) electrons. The highest BCUT2D eigenvalue weighted by molar-refractivity contribution is 5.76. The van der Waals surface area contributed by atoms with Crippen molar-refractivity contribution in [2.24, 2.45) is 0 Å². The highest BCUT2D eigenvalue weighted by atomic mass is 16.3. The third kappa shape index (κ3) is 38.4. The van der Waals surface area contributed by atoms with Crippen LogP contribution in [0.15, 0.2) is 24.3 Å². The summed E-state index contributed by atoms with van der Waals surface area (Å²) >= 11 is 0. The summed E-state index contributed by atoms with van der Waals surface area (Å²) in [7, 11) is 0. The summed E-state index contributed by atoms with van der Waals surface area (Å²) in [5.41, 5.74) is 0. The smallest absolute Gasteiger partial charge is 0.222 e. The van der Waals surface area contributed by atoms with Gasteiger partial charge in [0.15, 0.2) is 0 Å². The number of aliphatic hydroxyl groups excluding tert-OH is 3. The number of aliphatic hydroxyl groups is 3. The lowest BCUT2D eigenvalue weighted by molar-refractivity contribution is -0.125. The fourth-order valence-electron chi connectivity index (χ4n) is 7.02. The maximum absolute atomic E-state index is 12.4. The average Bonchev–Trinajstić information content (AvgIpc) is 3.12. The first-order chi connectivity index (χ1) is 25.0. The zero-order valence-corrected chi connectivity index (χ0v) is 34.2. The van der Waals surface area contributed by atoms with Crippen LogP contribution in [0.2, 0.25) is 0 Å². The van der Waals surface area contributed by atoms with Crippen LogP contribution in [0.1, 0.15) is 239 Å². The fraction of sp³-hybridized carbons (Fsp3) is 0.891. The second-order valence-electron chi connectivity index (χ2n) is 15.7. The summed E-state index contributed by atoms with van der Waals surface area (Å²) in [5.74, 6) is -0.290. The fourth-order valence-corrected chi connectivity index (χ4v) is 7.02. The Morgan fingerprint density at radius 3 is 1.27 bits per heavy atom. The lowest BCUT2D eigenvalue weighted by Crippen LogP contribution is -2.46. The minimum absolute atomic E-state index is 0.0282. The van der Waals surface area contributed by atoms with Gasteiger partial charge in [-0.2, -0.15) is 0 Å². The summed E-state index contributed by atoms with van der Waals surface area (Å²) in [5, 5.41) is 33.4. The van der Waals surface area contributed by atoms with Crippen LogP contribution in [0.25, 0.3) is 0 Å². The summed E-state index contributed by atoms with van der Waals surface area (Å²) in [6, 6.07) is -0.661. The zero-order valence-electron chi connectivity index (χ0n) is 34.2. The summed E-state index contributed by atoms with van der Waals surface area (Å²) in [6.45, 7) is 4.24. The van der Waals surface area contributed by atoms with Gasteiger partial charge in [-0.3, -0.25) is 4.79 Å². The third-order valence-corrected chi connectivity index (χ3v) is 10.5. The SMILES string of the molecule is CCCCC/C=C\C/C=C\CCCCCCCC(O)CC(=O)NC(CO)C(O)CCCCCCCCCCCCCCCCCCCCCCC. The third-order valence-electron chi connectivity index (χ3n) is 10.5. The Morgan fingerprint density at radius 1 is 0.490 bits per heavy atom. The van der Waals surface area contributed by atoms with Crippen molar-refractivity contribution in [3.05, 3.63) is 24.3 Å². The Labute approximate surface area is 318 Å². The number of nitrogens with one attached hydrogen (secondary N) is 1. The molecule has 0 aromatic carbocycles. The molecule has 0 aliphatic heterocycles. The normalized spacial score (nSPS) is 13.7. The molecule has 0 aromatic rings. The van der Waals surface area contributed by atoms with Gasteiger partial charge in [0, 0.05) is 0 Å². The molecule has 0 bridgehead atoms. The quantitative estimate of drug-likeness (QED) is 0.0374. The van der Waals surface area contributed by atoms with Crippen molar-refractivity contribution < 1.29 is 20.1 Å². The molecule has 0 fully saturated rings. The number of carbonyl (C=O) groups excluding carboxylic acids is 1. The van der Waals surface area contributed by atoms with Crippen LogP contribution in [0.5, 0.6) is 0 Å². The minimum atomic E-state index is -0.752. The van der Waals surface area contributed by atoms with E-state index in [0.29, 0.717) is 12.8 Å². The van der Waals surface area contributed by atoms with E-state index in [1.807, 2.05) is 0 Å². The van der Waals surface area contributed by atoms with Crippen molar-refractivity contribution in [1.82, 2.24) is 5.32 Å². The molecule has 3 atom stereocenters. The van der Waals surface area contributed by atoms with Gasteiger partial charge in [-0.05, 0) is 44.9 Å². The van der Waals surface area contributed by atoms with Gasteiger partial charge in [-0.1, -0.05) is 212 Å². The van der Waals surface area contributed by atoms with E-state index in [1.54, 1.807) is 0 Å². The van der Waals surface area contributed by atoms with E-state index in [-0.39, 0.29) is 18.9 Å². The standard InChI is InChI=1S/C46H89NO4/c1-3-5-7-9-11-13-15-17-19-20-21-22-23-24-26-28-30-32-34-36-38-40-45(50)44(42-48)47-46(51)41-43(49)39-37-35-33-31-29-27-25-18-16-14-12-10-8-6-4-2/h12,14,18,25,43-45,48-50H,3-11,13,15-17,19-24,26-42H2,1-2H3,(H,47,51)/b14-12-,25-18-. The molecule has 0 spiro atoms. The number of hydrogen-bond donors (Lipinski definition) is 4. The molecule has 3 unspecified atom stereocenters. The Bertz CT molecular complexity index is 754. The van der Waals surface area contributed by atoms with Crippen molar-refractivity contribution in [3.8, 4) is 0 Å². The van der Waals surface area contributed by atoms with Gasteiger partial charge in [-0.15, -0.1) is 0 Å². The van der Waals surface area contributed by atoms with Crippen LogP contribution in [0, 0.1) is 0 Å². The zero-order chi connectivity index (χ0) is 37.3. The molecule has 4 N–H and O–H groups in total. The Balaban J connectivity index is 3.60. The van der Waals surface area contributed by atoms with Crippen molar-refractivity contribution in [2.75, 3.05) is 6.61 Å². The molecule has 51 heavy (non-hydrogen) atoms. The summed E-state index contributed by atoms with van der Waals surface area (Å²) < 4.78 is 0. The lowest BCUT2D eigenvalue weighted by Gasteiger charge is -2.23. The molecular formula is C46H89NO4. The van der Waals surface area contributed by atoms with Gasteiger partial charge in [0.25, 0.3) is 0 Å². The van der Waals surface area contributed by atoms with Crippen LogP contribution in [0.3, 0.4) is 0 Å². The second kappa shape index (κ2) is 41.6. The van der Waals surface area contributed by atoms with Crippen molar-refractivity contribution in [2.45, 2.75) is 257 Å². The Hall–Kier alpha value is -1.17. The van der Waals surface area contributed by atoms with Crippen LogP contribution in [-0.4, -0.2) is 46.1 Å². The van der Waals surface area contributed by atoms with Crippen molar-refractivity contribution in [3.63, 3.8) is 0 Å². The first-order valence-electron chi connectivity index (χ1n) is 22.6. The molecular weight excluding hydrogens is 631 g/mol. The van der Waals surface area contributed by atoms with E-state index >= 15 is 0 Å². The first-order valence-corrected chi connectivity index (χ1v) is 22.6. The van der Waals surface area contributed by atoms with E-state index in [4.69, 9.17) is 0 Å². The molecule has 0 heterocycles. The maximum atomic E-state index is 12.4. The number of hydrogen-bond acceptors (Lipinski definition) is 4. The highest BCUT2D eigenvalue weighted by Crippen LogP contribution is 2.16. The van der Waals surface area contributed by atoms with Gasteiger partial charge in [-0.25, -0.2) is 0 Å². The maximum Gasteiger partial charge on any atom is 0.222 e. The molecule has 302 valence electrons. The van der Waals surface area contributed by atoms with Gasteiger partial charge < -0.3 is 20.6 Å². The average molecular weight is 720 g/mol. The van der Waals surface area contributed by atoms with E-state index in [2.05, 4.69) is 43.5 Å². The molecule has 0 aliphatic carbocycles. The predicted octanol–water partition coefficient (Wildman–Crippen LogP) is 13.0. The van der Waals surface area contributed by atoms with Crippen molar-refractivity contribution >= 4 is 5.91 Å². The number of rotatable bonds is 41. The van der Waals surface area contributed by atoms with E-state index in [1.165, 1.54) is 161 Å². The number of amides is 1. The van der Waals surface area contributed by atoms with Crippen LogP contribution in [-0.2, 0) is 4.79 Å². The van der Waals surface area contributed by atoms with Crippen LogP contribution >= 0.6 is 0 Å². The molecule has 0 aromatic heterocycles. The summed E-state index contributed by atoms with van der Waals surface area (Å²) in [4.78, 5) is 12.4. The molecule has 0 saturated heterocycles. The number of unbranched alkanes of at least 4 members (excludes halogenated alkanes) is 28. The van der Waals surface area contributed by atoms with E-state index < -0.39 is 18.2 Å². The summed E-state index contributed by atoms with van der Waals surface area (Å²) in [6.07, 6.45) is 50.0.